The third kappa shape index (κ3) is 1.80. The second-order valence-corrected chi connectivity index (χ2v) is 5.29. The van der Waals surface area contributed by atoms with E-state index in [0.29, 0.717) is 19.3 Å². The van der Waals surface area contributed by atoms with E-state index in [9.17, 15) is 14.7 Å². The van der Waals surface area contributed by atoms with Gasteiger partial charge in [0.1, 0.15) is 6.04 Å². The zero-order chi connectivity index (χ0) is 11.9. The lowest BCUT2D eigenvalue weighted by Gasteiger charge is -2.49. The minimum Gasteiger partial charge on any atom is -0.392 e. The van der Waals surface area contributed by atoms with E-state index >= 15 is 0 Å². The van der Waals surface area contributed by atoms with E-state index in [4.69, 9.17) is 0 Å². The molecule has 2 amide bonds. The molecule has 2 rings (SSSR count). The van der Waals surface area contributed by atoms with Crippen LogP contribution in [-0.2, 0) is 9.59 Å². The highest BCUT2D eigenvalue weighted by Crippen LogP contribution is 2.40. The van der Waals surface area contributed by atoms with E-state index in [2.05, 4.69) is 10.6 Å². The molecule has 1 saturated carbocycles. The Hall–Kier alpha value is -1.10. The Bertz CT molecular complexity index is 327. The Morgan fingerprint density at radius 2 is 2.25 bits per heavy atom. The SMILES string of the molecule is CC1(C)C(O)CC1NC(=O)[C@@H]1CCC(=O)N1. The number of rotatable bonds is 2. The molecule has 0 bridgehead atoms. The highest BCUT2D eigenvalue weighted by Gasteiger charge is 2.48. The standard InChI is InChI=1S/C11H18N2O3/c1-11(2)7(5-8(11)14)13-10(16)6-3-4-9(15)12-6/h6-8,14H,3-5H2,1-2H3,(H,12,15)(H,13,16)/t6-,7?,8?/m0/s1. The van der Waals surface area contributed by atoms with E-state index < -0.39 is 0 Å². The first kappa shape index (κ1) is 11.4. The molecule has 2 aliphatic rings. The largest absolute Gasteiger partial charge is 0.392 e. The zero-order valence-corrected chi connectivity index (χ0v) is 9.62. The fraction of sp³-hybridized carbons (Fsp3) is 0.818. The van der Waals surface area contributed by atoms with Gasteiger partial charge in [-0.3, -0.25) is 9.59 Å². The van der Waals surface area contributed by atoms with Crippen LogP contribution in [0, 0.1) is 5.41 Å². The maximum absolute atomic E-state index is 11.8. The van der Waals surface area contributed by atoms with Gasteiger partial charge in [-0.2, -0.15) is 0 Å². The van der Waals surface area contributed by atoms with Crippen LogP contribution in [0.15, 0.2) is 0 Å². The van der Waals surface area contributed by atoms with Crippen LogP contribution in [0.3, 0.4) is 0 Å². The summed E-state index contributed by atoms with van der Waals surface area (Å²) in [6, 6.07) is -0.381. The Morgan fingerprint density at radius 3 is 2.69 bits per heavy atom. The minimum atomic E-state index is -0.388. The highest BCUT2D eigenvalue weighted by atomic mass is 16.3. The molecule has 0 aromatic rings. The van der Waals surface area contributed by atoms with Crippen LogP contribution in [0.5, 0.6) is 0 Å². The molecule has 3 N–H and O–H groups in total. The molecule has 0 radical (unpaired) electrons. The van der Waals surface area contributed by atoms with Crippen molar-refractivity contribution in [1.29, 1.82) is 0 Å². The van der Waals surface area contributed by atoms with Gasteiger partial charge in [0.05, 0.1) is 6.10 Å². The van der Waals surface area contributed by atoms with Crippen LogP contribution >= 0.6 is 0 Å². The summed E-state index contributed by atoms with van der Waals surface area (Å²) in [7, 11) is 0. The van der Waals surface area contributed by atoms with Gasteiger partial charge < -0.3 is 15.7 Å². The first-order valence-electron chi connectivity index (χ1n) is 5.69. The van der Waals surface area contributed by atoms with Gasteiger partial charge in [-0.05, 0) is 12.8 Å². The van der Waals surface area contributed by atoms with Gasteiger partial charge in [-0.25, -0.2) is 0 Å². The molecular weight excluding hydrogens is 208 g/mol. The summed E-state index contributed by atoms with van der Waals surface area (Å²) < 4.78 is 0. The number of hydrogen-bond acceptors (Lipinski definition) is 3. The van der Waals surface area contributed by atoms with Crippen LogP contribution in [0.1, 0.15) is 33.1 Å². The third-order valence-electron chi connectivity index (χ3n) is 3.84. The molecule has 3 atom stereocenters. The van der Waals surface area contributed by atoms with Gasteiger partial charge in [0.2, 0.25) is 11.8 Å². The van der Waals surface area contributed by atoms with E-state index in [1.54, 1.807) is 0 Å². The number of hydrogen-bond donors (Lipinski definition) is 3. The predicted molar refractivity (Wildman–Crippen MR) is 57.5 cm³/mol. The van der Waals surface area contributed by atoms with Crippen molar-refractivity contribution < 1.29 is 14.7 Å². The summed E-state index contributed by atoms with van der Waals surface area (Å²) in [5.74, 6) is -0.191. The lowest BCUT2D eigenvalue weighted by molar-refractivity contribution is -0.132. The Kier molecular flexibility index (Phi) is 2.66. The Morgan fingerprint density at radius 1 is 1.56 bits per heavy atom. The molecule has 0 spiro atoms. The summed E-state index contributed by atoms with van der Waals surface area (Å²) >= 11 is 0. The number of carbonyl (C=O) groups excluding carboxylic acids is 2. The average Bonchev–Trinajstić information content (AvgIpc) is 2.64. The van der Waals surface area contributed by atoms with E-state index in [0.717, 1.165) is 0 Å². The van der Waals surface area contributed by atoms with Gasteiger partial charge in [0.25, 0.3) is 0 Å². The van der Waals surface area contributed by atoms with Crippen molar-refractivity contribution in [2.24, 2.45) is 5.41 Å². The lowest BCUT2D eigenvalue weighted by atomic mass is 9.64. The summed E-state index contributed by atoms with van der Waals surface area (Å²) in [6.45, 7) is 3.86. The summed E-state index contributed by atoms with van der Waals surface area (Å²) in [5.41, 5.74) is -0.266. The second kappa shape index (κ2) is 3.73. The molecule has 16 heavy (non-hydrogen) atoms. The van der Waals surface area contributed by atoms with Crippen molar-refractivity contribution in [2.75, 3.05) is 0 Å². The number of nitrogens with one attached hydrogen (secondary N) is 2. The summed E-state index contributed by atoms with van der Waals surface area (Å²) in [6.07, 6.45) is 1.24. The second-order valence-electron chi connectivity index (χ2n) is 5.29. The van der Waals surface area contributed by atoms with Crippen molar-refractivity contribution >= 4 is 11.8 Å². The Balaban J connectivity index is 1.87. The summed E-state index contributed by atoms with van der Waals surface area (Å²) in [5, 5.41) is 15.1. The smallest absolute Gasteiger partial charge is 0.242 e. The number of aliphatic hydroxyl groups is 1. The van der Waals surface area contributed by atoms with Gasteiger partial charge in [0, 0.05) is 17.9 Å². The normalized spacial score (nSPS) is 36.4. The fourth-order valence-electron chi connectivity index (χ4n) is 2.23. The predicted octanol–water partition coefficient (Wildman–Crippen LogP) is -0.459. The highest BCUT2D eigenvalue weighted by molar-refractivity contribution is 5.91. The van der Waals surface area contributed by atoms with Gasteiger partial charge in [-0.15, -0.1) is 0 Å². The molecule has 1 saturated heterocycles. The number of amides is 2. The third-order valence-corrected chi connectivity index (χ3v) is 3.84. The fourth-order valence-corrected chi connectivity index (χ4v) is 2.23. The average molecular weight is 226 g/mol. The zero-order valence-electron chi connectivity index (χ0n) is 9.62. The lowest BCUT2D eigenvalue weighted by Crippen LogP contribution is -2.62. The molecular formula is C11H18N2O3. The van der Waals surface area contributed by atoms with E-state index in [1.807, 2.05) is 13.8 Å². The van der Waals surface area contributed by atoms with Gasteiger partial charge in [-0.1, -0.05) is 13.8 Å². The van der Waals surface area contributed by atoms with Crippen LogP contribution in [0.4, 0.5) is 0 Å². The monoisotopic (exact) mass is 226 g/mol. The maximum atomic E-state index is 11.8. The molecule has 0 aromatic heterocycles. The molecule has 2 fully saturated rings. The van der Waals surface area contributed by atoms with Gasteiger partial charge >= 0.3 is 0 Å². The van der Waals surface area contributed by atoms with Crippen molar-refractivity contribution in [3.8, 4) is 0 Å². The van der Waals surface area contributed by atoms with Crippen LogP contribution < -0.4 is 10.6 Å². The minimum absolute atomic E-state index is 0.00695. The van der Waals surface area contributed by atoms with E-state index in [-0.39, 0.29) is 35.4 Å². The van der Waals surface area contributed by atoms with Crippen molar-refractivity contribution in [2.45, 2.75) is 51.3 Å². The van der Waals surface area contributed by atoms with E-state index in [1.165, 1.54) is 0 Å². The molecule has 2 unspecified atom stereocenters. The number of carbonyl (C=O) groups is 2. The topological polar surface area (TPSA) is 78.4 Å². The maximum Gasteiger partial charge on any atom is 0.242 e. The molecule has 1 aliphatic heterocycles. The quantitative estimate of drug-likeness (QED) is 0.596. The van der Waals surface area contributed by atoms with Crippen LogP contribution in [0.25, 0.3) is 0 Å². The molecule has 5 nitrogen and oxygen atoms in total. The molecule has 5 heteroatoms. The molecule has 1 aliphatic carbocycles. The molecule has 0 aromatic carbocycles. The Labute approximate surface area is 94.6 Å². The van der Waals surface area contributed by atoms with Crippen LogP contribution in [0.2, 0.25) is 0 Å². The molecule has 1 heterocycles. The van der Waals surface area contributed by atoms with Crippen molar-refractivity contribution in [3.05, 3.63) is 0 Å². The van der Waals surface area contributed by atoms with Gasteiger partial charge in [0.15, 0.2) is 0 Å². The van der Waals surface area contributed by atoms with Crippen LogP contribution in [-0.4, -0.2) is 35.1 Å². The van der Waals surface area contributed by atoms with Crippen molar-refractivity contribution in [1.82, 2.24) is 10.6 Å². The molecule has 90 valence electrons. The summed E-state index contributed by atoms with van der Waals surface area (Å²) in [4.78, 5) is 22.8. The number of aliphatic hydroxyl groups excluding tert-OH is 1. The first-order chi connectivity index (χ1) is 7.41. The first-order valence-corrected chi connectivity index (χ1v) is 5.69. The van der Waals surface area contributed by atoms with Crippen molar-refractivity contribution in [3.63, 3.8) is 0 Å².